The lowest BCUT2D eigenvalue weighted by Crippen LogP contribution is -2.52. The van der Waals surface area contributed by atoms with Crippen molar-refractivity contribution in [2.24, 2.45) is 5.92 Å². The summed E-state index contributed by atoms with van der Waals surface area (Å²) in [5, 5.41) is 3.12. The van der Waals surface area contributed by atoms with Crippen LogP contribution in [0.4, 0.5) is 24.5 Å². The molecule has 4 amide bonds. The second-order valence-corrected chi connectivity index (χ2v) is 14.6. The molecule has 0 spiro atoms. The maximum atomic E-state index is 15.5. The Bertz CT molecular complexity index is 2400. The van der Waals surface area contributed by atoms with E-state index in [0.29, 0.717) is 34.4 Å². The van der Waals surface area contributed by atoms with Crippen molar-refractivity contribution < 1.29 is 32.3 Å². The van der Waals surface area contributed by atoms with Crippen LogP contribution >= 0.6 is 0 Å². The fraction of sp³-hybridized carbons (Fsp3) is 0.244. The number of hydrogen-bond acceptors (Lipinski definition) is 4. The van der Waals surface area contributed by atoms with Crippen molar-refractivity contribution >= 4 is 45.8 Å². The second-order valence-electron chi connectivity index (χ2n) is 14.6. The van der Waals surface area contributed by atoms with Gasteiger partial charge in [-0.25, -0.2) is 10.0 Å². The summed E-state index contributed by atoms with van der Waals surface area (Å²) in [6.07, 6.45) is 1.92. The number of rotatable bonds is 8. The smallest absolute Gasteiger partial charge is 0.334 e. The van der Waals surface area contributed by atoms with Crippen LogP contribution in [0, 0.1) is 5.92 Å². The molecule has 5 aromatic rings. The van der Waals surface area contributed by atoms with Crippen molar-refractivity contribution in [3.63, 3.8) is 0 Å². The van der Waals surface area contributed by atoms with Gasteiger partial charge in [-0.1, -0.05) is 98.1 Å². The minimum absolute atomic E-state index is 0.0143. The number of carbonyl (C=O) groups is 4. The summed E-state index contributed by atoms with van der Waals surface area (Å²) in [5.41, 5.74) is -0.536. The average Bonchev–Trinajstić information content (AvgIpc) is 3.71. The highest BCUT2D eigenvalue weighted by Crippen LogP contribution is 2.41. The molecular formula is C45H39F3N4O4. The molecule has 0 radical (unpaired) electrons. The molecule has 0 aromatic heterocycles. The van der Waals surface area contributed by atoms with Crippen LogP contribution < -0.4 is 10.0 Å². The van der Waals surface area contributed by atoms with Gasteiger partial charge in [0.1, 0.15) is 0 Å². The average molecular weight is 757 g/mol. The molecule has 2 aliphatic heterocycles. The fourth-order valence-corrected chi connectivity index (χ4v) is 8.46. The number of nitrogens with zero attached hydrogens (tertiary/aromatic N) is 4. The molecule has 0 N–H and O–H groups in total. The van der Waals surface area contributed by atoms with Gasteiger partial charge in [0, 0.05) is 31.7 Å². The maximum Gasteiger partial charge on any atom is 0.417 e. The topological polar surface area (TPSA) is 81.2 Å². The summed E-state index contributed by atoms with van der Waals surface area (Å²) in [6.45, 7) is 4.88. The summed E-state index contributed by atoms with van der Waals surface area (Å²) in [6, 6.07) is 26.3. The molecule has 0 atom stereocenters. The van der Waals surface area contributed by atoms with E-state index in [9.17, 15) is 22.8 Å². The van der Waals surface area contributed by atoms with Crippen LogP contribution in [0.3, 0.4) is 0 Å². The van der Waals surface area contributed by atoms with E-state index in [-0.39, 0.29) is 53.6 Å². The highest BCUT2D eigenvalue weighted by molar-refractivity contribution is 6.23. The first kappa shape index (κ1) is 36.7. The lowest BCUT2D eigenvalue weighted by atomic mass is 9.89. The van der Waals surface area contributed by atoms with Gasteiger partial charge in [-0.3, -0.25) is 19.2 Å². The van der Waals surface area contributed by atoms with Gasteiger partial charge in [-0.15, -0.1) is 6.58 Å². The molecular weight excluding hydrogens is 718 g/mol. The third-order valence-electron chi connectivity index (χ3n) is 11.1. The molecule has 1 aliphatic carbocycles. The number of hydrogen-bond donors (Lipinski definition) is 0. The van der Waals surface area contributed by atoms with Crippen LogP contribution in [0.25, 0.3) is 10.8 Å². The van der Waals surface area contributed by atoms with Crippen molar-refractivity contribution in [3.05, 3.63) is 155 Å². The molecule has 56 heavy (non-hydrogen) atoms. The first-order valence-electron chi connectivity index (χ1n) is 18.8. The molecule has 8 rings (SSSR count). The SMILES string of the molecule is C=CCN1Cc2cccc(N(C(=O)c3ccccc3C(F)(F)F)N(C(=O)c3cccc4ccccc34)c3cccc4c3C(=O)N(CC3CCCCC3)C4)c2C1=O. The molecule has 3 aliphatic rings. The van der Waals surface area contributed by atoms with Gasteiger partial charge in [-0.2, -0.15) is 13.2 Å². The molecule has 284 valence electrons. The summed E-state index contributed by atoms with van der Waals surface area (Å²) in [7, 11) is 0. The van der Waals surface area contributed by atoms with Gasteiger partial charge in [0.25, 0.3) is 23.6 Å². The Balaban J connectivity index is 1.38. The zero-order valence-electron chi connectivity index (χ0n) is 30.6. The van der Waals surface area contributed by atoms with E-state index >= 15 is 9.59 Å². The number of halogens is 3. The quantitative estimate of drug-likeness (QED) is 0.117. The minimum Gasteiger partial charge on any atom is -0.334 e. The predicted molar refractivity (Wildman–Crippen MR) is 208 cm³/mol. The fourth-order valence-electron chi connectivity index (χ4n) is 8.46. The molecule has 1 fully saturated rings. The number of alkyl halides is 3. The summed E-state index contributed by atoms with van der Waals surface area (Å²) in [4.78, 5) is 62.7. The number of benzene rings is 5. The summed E-state index contributed by atoms with van der Waals surface area (Å²) >= 11 is 0. The van der Waals surface area contributed by atoms with Crippen LogP contribution in [-0.4, -0.2) is 46.5 Å². The van der Waals surface area contributed by atoms with Crippen molar-refractivity contribution in [1.29, 1.82) is 0 Å². The van der Waals surface area contributed by atoms with Gasteiger partial charge < -0.3 is 9.80 Å². The molecule has 1 saturated carbocycles. The Morgan fingerprint density at radius 2 is 1.21 bits per heavy atom. The molecule has 2 heterocycles. The van der Waals surface area contributed by atoms with Crippen LogP contribution in [-0.2, 0) is 19.3 Å². The number of amides is 4. The summed E-state index contributed by atoms with van der Waals surface area (Å²) < 4.78 is 44.1. The third-order valence-corrected chi connectivity index (χ3v) is 11.1. The van der Waals surface area contributed by atoms with E-state index in [4.69, 9.17) is 0 Å². The maximum absolute atomic E-state index is 15.5. The van der Waals surface area contributed by atoms with Crippen molar-refractivity contribution in [2.45, 2.75) is 51.4 Å². The zero-order valence-corrected chi connectivity index (χ0v) is 30.6. The molecule has 8 nitrogen and oxygen atoms in total. The third kappa shape index (κ3) is 6.50. The molecule has 0 bridgehead atoms. The van der Waals surface area contributed by atoms with Crippen molar-refractivity contribution in [2.75, 3.05) is 23.1 Å². The Hall–Kier alpha value is -6.23. The molecule has 0 unspecified atom stereocenters. The van der Waals surface area contributed by atoms with E-state index < -0.39 is 35.0 Å². The lowest BCUT2D eigenvalue weighted by molar-refractivity contribution is -0.137. The minimum atomic E-state index is -4.94. The highest BCUT2D eigenvalue weighted by Gasteiger charge is 2.44. The Kier molecular flexibility index (Phi) is 9.70. The lowest BCUT2D eigenvalue weighted by Gasteiger charge is -2.37. The number of hydrazine groups is 1. The Morgan fingerprint density at radius 3 is 1.88 bits per heavy atom. The Labute approximate surface area is 322 Å². The van der Waals surface area contributed by atoms with E-state index in [1.165, 1.54) is 29.2 Å². The van der Waals surface area contributed by atoms with Gasteiger partial charge in [-0.05, 0) is 71.0 Å². The number of carbonyl (C=O) groups excluding carboxylic acids is 4. The van der Waals surface area contributed by atoms with E-state index in [1.807, 2.05) is 18.2 Å². The standard InChI is InChI=1S/C45H39F3N4O4/c1-2-25-49-27-31-17-11-23-37(39(31)43(49)55)52(42(54)35-20-8-9-22-36(35)45(46,47)48)51(41(53)34-21-10-16-30-15-6-7-19-33(30)34)38-24-12-18-32-28-50(44(56)40(32)38)26-29-13-4-3-5-14-29/h2,6-12,15-24,29H,1,3-5,13-14,25-28H2. The van der Waals surface area contributed by atoms with E-state index in [2.05, 4.69) is 6.58 Å². The number of fused-ring (bicyclic) bond motifs is 3. The summed E-state index contributed by atoms with van der Waals surface area (Å²) in [5.74, 6) is -2.50. The van der Waals surface area contributed by atoms with Gasteiger partial charge in [0.15, 0.2) is 0 Å². The molecule has 0 saturated heterocycles. The Morgan fingerprint density at radius 1 is 0.679 bits per heavy atom. The van der Waals surface area contributed by atoms with E-state index in [1.54, 1.807) is 59.5 Å². The van der Waals surface area contributed by atoms with Gasteiger partial charge >= 0.3 is 6.18 Å². The largest absolute Gasteiger partial charge is 0.417 e. The van der Waals surface area contributed by atoms with Crippen molar-refractivity contribution in [3.8, 4) is 0 Å². The van der Waals surface area contributed by atoms with Gasteiger partial charge in [0.05, 0.1) is 33.6 Å². The van der Waals surface area contributed by atoms with Crippen LogP contribution in [0.5, 0.6) is 0 Å². The molecule has 11 heteroatoms. The van der Waals surface area contributed by atoms with Crippen LogP contribution in [0.15, 0.2) is 116 Å². The van der Waals surface area contributed by atoms with E-state index in [0.717, 1.165) is 54.3 Å². The zero-order chi connectivity index (χ0) is 39.1. The van der Waals surface area contributed by atoms with Crippen LogP contribution in [0.1, 0.15) is 90.2 Å². The molecule has 5 aromatic carbocycles. The van der Waals surface area contributed by atoms with Gasteiger partial charge in [0.2, 0.25) is 0 Å². The monoisotopic (exact) mass is 756 g/mol. The second kappa shape index (κ2) is 14.8. The number of anilines is 2. The first-order valence-corrected chi connectivity index (χ1v) is 18.8. The van der Waals surface area contributed by atoms with Crippen LogP contribution in [0.2, 0.25) is 0 Å². The highest BCUT2D eigenvalue weighted by atomic mass is 19.4. The normalized spacial score (nSPS) is 15.6. The predicted octanol–water partition coefficient (Wildman–Crippen LogP) is 9.45. The first-order chi connectivity index (χ1) is 27.1. The van der Waals surface area contributed by atoms with Crippen molar-refractivity contribution in [1.82, 2.24) is 9.80 Å².